The van der Waals surface area contributed by atoms with Gasteiger partial charge in [-0.1, -0.05) is 29.4 Å². The number of hydrogen-bond donors (Lipinski definition) is 1. The fourth-order valence-corrected chi connectivity index (χ4v) is 2.73. The molecule has 0 saturated heterocycles. The van der Waals surface area contributed by atoms with Crippen LogP contribution in [0.4, 0.5) is 5.69 Å². The van der Waals surface area contributed by atoms with E-state index in [9.17, 15) is 9.59 Å². The van der Waals surface area contributed by atoms with Gasteiger partial charge < -0.3 is 5.32 Å². The monoisotopic (exact) mass is 375 g/mol. The molecule has 1 aromatic carbocycles. The summed E-state index contributed by atoms with van der Waals surface area (Å²) in [5.74, 6) is -0.352. The average molecular weight is 376 g/mol. The number of anilines is 1. The van der Waals surface area contributed by atoms with Crippen molar-refractivity contribution in [2.75, 3.05) is 11.6 Å². The molecule has 7 nitrogen and oxygen atoms in total. The summed E-state index contributed by atoms with van der Waals surface area (Å²) in [6.07, 6.45) is 4.58. The van der Waals surface area contributed by atoms with E-state index < -0.39 is 0 Å². The minimum absolute atomic E-state index is 0.169. The SMILES string of the molecule is CSc1ncc2c(=O)n(CC(=O)Nc3cc(Cl)ccc3C)cnc2n1. The van der Waals surface area contributed by atoms with Gasteiger partial charge in [0.25, 0.3) is 5.56 Å². The second-order valence-corrected chi connectivity index (χ2v) is 6.49. The first-order valence-corrected chi connectivity index (χ1v) is 8.90. The van der Waals surface area contributed by atoms with Crippen LogP contribution in [0.3, 0.4) is 0 Å². The van der Waals surface area contributed by atoms with E-state index in [1.54, 1.807) is 12.1 Å². The highest BCUT2D eigenvalue weighted by Gasteiger charge is 2.11. The minimum Gasteiger partial charge on any atom is -0.324 e. The van der Waals surface area contributed by atoms with Crippen molar-refractivity contribution in [1.82, 2.24) is 19.5 Å². The van der Waals surface area contributed by atoms with Crippen LogP contribution in [0.1, 0.15) is 5.56 Å². The molecular weight excluding hydrogens is 362 g/mol. The standard InChI is InChI=1S/C16H14ClN5O2S/c1-9-3-4-10(17)5-12(9)20-13(23)7-22-8-19-14-11(15(22)24)6-18-16(21-14)25-2/h3-6,8H,7H2,1-2H3,(H,20,23). The van der Waals surface area contributed by atoms with E-state index in [0.29, 0.717) is 21.5 Å². The molecule has 1 N–H and O–H groups in total. The molecule has 9 heteroatoms. The minimum atomic E-state index is -0.365. The Morgan fingerprint density at radius 1 is 1.36 bits per heavy atom. The van der Waals surface area contributed by atoms with Crippen molar-refractivity contribution in [3.05, 3.63) is 51.7 Å². The van der Waals surface area contributed by atoms with Gasteiger partial charge in [0.15, 0.2) is 10.8 Å². The van der Waals surface area contributed by atoms with E-state index in [1.165, 1.54) is 28.9 Å². The topological polar surface area (TPSA) is 89.8 Å². The van der Waals surface area contributed by atoms with Crippen molar-refractivity contribution >= 4 is 46.0 Å². The van der Waals surface area contributed by atoms with Crippen LogP contribution in [0.2, 0.25) is 5.02 Å². The lowest BCUT2D eigenvalue weighted by Crippen LogP contribution is -2.28. The highest BCUT2D eigenvalue weighted by molar-refractivity contribution is 7.98. The first-order chi connectivity index (χ1) is 12.0. The molecule has 25 heavy (non-hydrogen) atoms. The number of aromatic nitrogens is 4. The zero-order valence-electron chi connectivity index (χ0n) is 13.5. The summed E-state index contributed by atoms with van der Waals surface area (Å²) in [5, 5.41) is 4.07. The van der Waals surface area contributed by atoms with E-state index >= 15 is 0 Å². The molecule has 0 atom stereocenters. The zero-order chi connectivity index (χ0) is 18.0. The Morgan fingerprint density at radius 2 is 2.16 bits per heavy atom. The van der Waals surface area contributed by atoms with E-state index in [0.717, 1.165) is 5.56 Å². The molecule has 2 aromatic heterocycles. The molecule has 1 amide bonds. The maximum atomic E-state index is 12.5. The first kappa shape index (κ1) is 17.4. The van der Waals surface area contributed by atoms with Gasteiger partial charge in [0.2, 0.25) is 5.91 Å². The quantitative estimate of drug-likeness (QED) is 0.556. The van der Waals surface area contributed by atoms with Gasteiger partial charge in [-0.2, -0.15) is 0 Å². The molecule has 128 valence electrons. The fraction of sp³-hybridized carbons (Fsp3) is 0.188. The predicted octanol–water partition coefficient (Wildman–Crippen LogP) is 2.51. The van der Waals surface area contributed by atoms with Gasteiger partial charge >= 0.3 is 0 Å². The Bertz CT molecular complexity index is 1020. The summed E-state index contributed by atoms with van der Waals surface area (Å²) in [4.78, 5) is 37.1. The Morgan fingerprint density at radius 3 is 2.92 bits per heavy atom. The third kappa shape index (κ3) is 3.80. The predicted molar refractivity (Wildman–Crippen MR) is 98.2 cm³/mol. The molecule has 0 aliphatic heterocycles. The summed E-state index contributed by atoms with van der Waals surface area (Å²) in [7, 11) is 0. The number of carbonyl (C=O) groups is 1. The van der Waals surface area contributed by atoms with Crippen LogP contribution in [0.5, 0.6) is 0 Å². The van der Waals surface area contributed by atoms with Gasteiger partial charge in [0, 0.05) is 16.9 Å². The number of aryl methyl sites for hydroxylation is 1. The van der Waals surface area contributed by atoms with Gasteiger partial charge in [0.05, 0.1) is 0 Å². The number of nitrogens with one attached hydrogen (secondary N) is 1. The Labute approximate surface area is 152 Å². The lowest BCUT2D eigenvalue weighted by atomic mass is 10.2. The number of nitrogens with zero attached hydrogens (tertiary/aromatic N) is 4. The van der Waals surface area contributed by atoms with Crippen molar-refractivity contribution in [3.8, 4) is 0 Å². The number of thioether (sulfide) groups is 1. The summed E-state index contributed by atoms with van der Waals surface area (Å²) in [5.41, 5.74) is 1.43. The number of fused-ring (bicyclic) bond motifs is 1. The van der Waals surface area contributed by atoms with Crippen molar-refractivity contribution < 1.29 is 4.79 Å². The molecule has 0 saturated carbocycles. The van der Waals surface area contributed by atoms with Gasteiger partial charge in [-0.15, -0.1) is 0 Å². The van der Waals surface area contributed by atoms with Gasteiger partial charge in [-0.3, -0.25) is 14.2 Å². The van der Waals surface area contributed by atoms with Crippen LogP contribution in [-0.4, -0.2) is 31.7 Å². The third-order valence-electron chi connectivity index (χ3n) is 3.53. The van der Waals surface area contributed by atoms with Gasteiger partial charge in [-0.05, 0) is 30.9 Å². The Hall–Kier alpha value is -2.45. The molecule has 0 aliphatic carbocycles. The molecule has 0 unspecified atom stereocenters. The number of halogens is 1. The fourth-order valence-electron chi connectivity index (χ4n) is 2.22. The number of benzene rings is 1. The van der Waals surface area contributed by atoms with E-state index in [2.05, 4.69) is 20.3 Å². The molecule has 0 bridgehead atoms. The van der Waals surface area contributed by atoms with Crippen LogP contribution in [-0.2, 0) is 11.3 Å². The molecule has 3 aromatic rings. The molecular formula is C16H14ClN5O2S. The maximum Gasteiger partial charge on any atom is 0.264 e. The highest BCUT2D eigenvalue weighted by atomic mass is 35.5. The molecule has 0 fully saturated rings. The summed E-state index contributed by atoms with van der Waals surface area (Å²) in [6.45, 7) is 1.69. The normalized spacial score (nSPS) is 10.8. The third-order valence-corrected chi connectivity index (χ3v) is 4.32. The van der Waals surface area contributed by atoms with Gasteiger partial charge in [-0.25, -0.2) is 15.0 Å². The second-order valence-electron chi connectivity index (χ2n) is 5.28. The molecule has 2 heterocycles. The number of rotatable bonds is 4. The molecule has 0 spiro atoms. The Kier molecular flexibility index (Phi) is 5.00. The largest absolute Gasteiger partial charge is 0.324 e. The zero-order valence-corrected chi connectivity index (χ0v) is 15.1. The summed E-state index contributed by atoms with van der Waals surface area (Å²) >= 11 is 7.31. The van der Waals surface area contributed by atoms with Crippen molar-refractivity contribution in [2.45, 2.75) is 18.6 Å². The average Bonchev–Trinajstić information content (AvgIpc) is 2.60. The molecule has 0 aliphatic rings. The van der Waals surface area contributed by atoms with E-state index in [4.69, 9.17) is 11.6 Å². The lowest BCUT2D eigenvalue weighted by Gasteiger charge is -2.10. The van der Waals surface area contributed by atoms with Crippen LogP contribution in [0.25, 0.3) is 11.0 Å². The maximum absolute atomic E-state index is 12.5. The molecule has 0 radical (unpaired) electrons. The lowest BCUT2D eigenvalue weighted by molar-refractivity contribution is -0.116. The smallest absolute Gasteiger partial charge is 0.264 e. The number of amides is 1. The van der Waals surface area contributed by atoms with Crippen LogP contribution in [0.15, 0.2) is 40.7 Å². The van der Waals surface area contributed by atoms with Crippen LogP contribution in [0, 0.1) is 6.92 Å². The Balaban J connectivity index is 1.85. The number of hydrogen-bond acceptors (Lipinski definition) is 6. The second kappa shape index (κ2) is 7.20. The van der Waals surface area contributed by atoms with Crippen molar-refractivity contribution in [2.24, 2.45) is 0 Å². The summed E-state index contributed by atoms with van der Waals surface area (Å²) < 4.78 is 1.22. The van der Waals surface area contributed by atoms with E-state index in [-0.39, 0.29) is 23.4 Å². The van der Waals surface area contributed by atoms with Crippen molar-refractivity contribution in [3.63, 3.8) is 0 Å². The number of carbonyl (C=O) groups excluding carboxylic acids is 1. The van der Waals surface area contributed by atoms with Crippen molar-refractivity contribution in [1.29, 1.82) is 0 Å². The van der Waals surface area contributed by atoms with Gasteiger partial charge in [0.1, 0.15) is 18.3 Å². The van der Waals surface area contributed by atoms with E-state index in [1.807, 2.05) is 19.2 Å². The van der Waals surface area contributed by atoms with Crippen LogP contribution < -0.4 is 10.9 Å². The first-order valence-electron chi connectivity index (χ1n) is 7.30. The highest BCUT2D eigenvalue weighted by Crippen LogP contribution is 2.20. The summed E-state index contributed by atoms with van der Waals surface area (Å²) in [6, 6.07) is 5.21. The molecule has 3 rings (SSSR count). The van der Waals surface area contributed by atoms with Crippen LogP contribution >= 0.6 is 23.4 Å².